The second kappa shape index (κ2) is 28.7. The van der Waals surface area contributed by atoms with Gasteiger partial charge in [-0.25, -0.2) is 24.9 Å². The number of rotatable bonds is 30. The van der Waals surface area contributed by atoms with Crippen molar-refractivity contribution >= 4 is 69.8 Å². The predicted molar refractivity (Wildman–Crippen MR) is 284 cm³/mol. The maximum Gasteiger partial charge on any atom is 0.271 e. The van der Waals surface area contributed by atoms with Gasteiger partial charge >= 0.3 is 0 Å². The molecule has 5 rings (SSSR count). The number of aromatic nitrogens is 6. The normalized spacial score (nSPS) is 15.3. The van der Waals surface area contributed by atoms with Crippen LogP contribution in [0.4, 0.5) is 5.82 Å². The Morgan fingerprint density at radius 2 is 1.51 bits per heavy atom. The topological polar surface area (TPSA) is 449 Å². The summed E-state index contributed by atoms with van der Waals surface area (Å²) in [5.41, 5.74) is 24.2. The summed E-state index contributed by atoms with van der Waals surface area (Å²) in [6, 6.07) is 3.46. The number of hydrogen-bond donors (Lipinski definition) is 15. The Labute approximate surface area is 451 Å². The van der Waals surface area contributed by atoms with E-state index in [1.54, 1.807) is 10.8 Å². The maximum atomic E-state index is 13.9. The van der Waals surface area contributed by atoms with Crippen molar-refractivity contribution in [1.82, 2.24) is 67.1 Å². The van der Waals surface area contributed by atoms with Gasteiger partial charge < -0.3 is 80.5 Å². The smallest absolute Gasteiger partial charge is 0.271 e. The van der Waals surface area contributed by atoms with E-state index in [-0.39, 0.29) is 65.7 Å². The van der Waals surface area contributed by atoms with Gasteiger partial charge in [0.25, 0.3) is 11.8 Å². The molecule has 2 unspecified atom stereocenters. The number of aromatic amines is 1. The molecule has 5 aromatic rings. The SMILES string of the molecule is Cc1c(N)nc([C@H](CC(N)=O)NC[C@H](N)C(N)=O)nc1C(=O)N[C@H](C(=O)N[C@H](C)[C@@H](O)[C@H](C)C(=O)N[C@H](C(=O)NCCc1nc(-c2nc(C(=O)NCCCN[C@@H](C)c3ccccc3)cs2)cs1)C(C)O)C(O)c1cnc[nH]1. The molecule has 416 valence electrons. The van der Waals surface area contributed by atoms with Crippen molar-refractivity contribution in [2.75, 3.05) is 31.9 Å². The highest BCUT2D eigenvalue weighted by molar-refractivity contribution is 7.14. The molecule has 0 aliphatic carbocycles. The van der Waals surface area contributed by atoms with E-state index in [1.165, 1.54) is 68.5 Å². The predicted octanol–water partition coefficient (Wildman–Crippen LogP) is -1.98. The summed E-state index contributed by atoms with van der Waals surface area (Å²) in [5.74, 6) is -7.34. The van der Waals surface area contributed by atoms with Gasteiger partial charge in [-0.1, -0.05) is 37.3 Å². The van der Waals surface area contributed by atoms with Crippen molar-refractivity contribution in [3.05, 3.63) is 92.7 Å². The molecule has 7 amide bonds. The van der Waals surface area contributed by atoms with Crippen molar-refractivity contribution in [2.24, 2.45) is 23.1 Å². The molecule has 10 atom stereocenters. The van der Waals surface area contributed by atoms with Crippen molar-refractivity contribution in [3.8, 4) is 10.7 Å². The number of carbonyl (C=O) groups excluding carboxylic acids is 7. The van der Waals surface area contributed by atoms with Gasteiger partial charge in [-0.15, -0.1) is 22.7 Å². The number of primary amides is 2. The summed E-state index contributed by atoms with van der Waals surface area (Å²) >= 11 is 2.60. The third-order valence-corrected chi connectivity index (χ3v) is 14.0. The number of thiazole rings is 2. The molecule has 19 N–H and O–H groups in total. The first-order valence-corrected chi connectivity index (χ1v) is 26.2. The van der Waals surface area contributed by atoms with E-state index >= 15 is 0 Å². The minimum Gasteiger partial charge on any atom is -0.391 e. The molecule has 0 spiro atoms. The van der Waals surface area contributed by atoms with Crippen LogP contribution in [-0.4, -0.2) is 149 Å². The van der Waals surface area contributed by atoms with Crippen molar-refractivity contribution in [2.45, 2.75) is 108 Å². The van der Waals surface area contributed by atoms with E-state index in [9.17, 15) is 48.9 Å². The van der Waals surface area contributed by atoms with Gasteiger partial charge in [0, 0.05) is 54.8 Å². The lowest BCUT2D eigenvalue weighted by Crippen LogP contribution is -2.57. The van der Waals surface area contributed by atoms with E-state index < -0.39 is 96.3 Å². The number of nitrogens with zero attached hydrogens (tertiary/aromatic N) is 5. The molecule has 0 bridgehead atoms. The molecule has 4 aromatic heterocycles. The number of aliphatic hydroxyl groups excluding tert-OH is 3. The Morgan fingerprint density at radius 3 is 2.17 bits per heavy atom. The van der Waals surface area contributed by atoms with Crippen LogP contribution in [0, 0.1) is 12.8 Å². The van der Waals surface area contributed by atoms with E-state index in [1.807, 2.05) is 18.2 Å². The van der Waals surface area contributed by atoms with Crippen LogP contribution in [-0.2, 0) is 30.4 Å². The first kappa shape index (κ1) is 60.5. The highest BCUT2D eigenvalue weighted by Crippen LogP contribution is 2.26. The second-order valence-electron chi connectivity index (χ2n) is 18.2. The van der Waals surface area contributed by atoms with E-state index in [2.05, 4.69) is 86.2 Å². The number of anilines is 1. The van der Waals surface area contributed by atoms with E-state index in [4.69, 9.17) is 22.9 Å². The Kier molecular flexibility index (Phi) is 22.5. The highest BCUT2D eigenvalue weighted by atomic mass is 32.1. The minimum atomic E-state index is -1.81. The van der Waals surface area contributed by atoms with Crippen LogP contribution in [0.25, 0.3) is 10.7 Å². The summed E-state index contributed by atoms with van der Waals surface area (Å²) in [5, 5.41) is 57.1. The number of benzene rings is 1. The summed E-state index contributed by atoms with van der Waals surface area (Å²) in [6.07, 6.45) is -1.79. The standard InChI is InChI=1S/C48H67N17O10S2/c1-22-35(62-42(65-40(22)51)29(16-33(50)67)57-17-28(49)41(52)70)46(74)64-37(39(69)30-18-53-21-58-30)47(75)59-25(4)38(68)23(2)43(71)63-36(26(5)66)45(73)56-15-12-34-60-32(20-76-34)48-61-31(19-77-48)44(72)55-14-9-13-54-24(3)27-10-7-6-8-11-27/h6-8,10-11,18-21,23-26,28-29,36-39,54,57,66,68-69H,9,12-17,49H2,1-5H3,(H2,50,67)(H2,52,70)(H,53,58)(H,55,72)(H,56,73)(H,59,75)(H,63,71)(H,64,74)(H2,51,62,65)/t23-,24-,25+,26?,28-,29-,36-,37-,38-,39?/m0/s1. The molecule has 77 heavy (non-hydrogen) atoms. The quantitative estimate of drug-likeness (QED) is 0.0222. The molecule has 0 aliphatic rings. The monoisotopic (exact) mass is 1110 g/mol. The lowest BCUT2D eigenvalue weighted by atomic mass is 9.96. The average Bonchev–Trinajstić information content (AvgIpc) is 4.22. The Balaban J connectivity index is 1.14. The van der Waals surface area contributed by atoms with Crippen LogP contribution in [0.15, 0.2) is 53.6 Å². The summed E-state index contributed by atoms with van der Waals surface area (Å²) in [4.78, 5) is 115. The average molecular weight is 1110 g/mol. The van der Waals surface area contributed by atoms with Crippen LogP contribution >= 0.6 is 22.7 Å². The number of imidazole rings is 1. The zero-order valence-electron chi connectivity index (χ0n) is 43.0. The first-order chi connectivity index (χ1) is 36.6. The molecule has 0 fully saturated rings. The molecule has 1 aromatic carbocycles. The number of nitrogens with two attached hydrogens (primary N) is 4. The minimum absolute atomic E-state index is 0.00182. The van der Waals surface area contributed by atoms with Gasteiger partial charge in [0.1, 0.15) is 51.9 Å². The zero-order valence-corrected chi connectivity index (χ0v) is 44.6. The highest BCUT2D eigenvalue weighted by Gasteiger charge is 2.37. The number of aliphatic hydroxyl groups is 3. The Bertz CT molecular complexity index is 2800. The van der Waals surface area contributed by atoms with Gasteiger partial charge in [0.2, 0.25) is 29.5 Å². The number of hydrogen-bond acceptors (Lipinski definition) is 21. The molecule has 0 aliphatic heterocycles. The zero-order chi connectivity index (χ0) is 56.5. The largest absolute Gasteiger partial charge is 0.391 e. The van der Waals surface area contributed by atoms with Crippen LogP contribution < -0.4 is 60.2 Å². The lowest BCUT2D eigenvalue weighted by Gasteiger charge is -2.30. The molecular weight excluding hydrogens is 1040 g/mol. The third-order valence-electron chi connectivity index (χ3n) is 12.2. The Morgan fingerprint density at radius 1 is 0.779 bits per heavy atom. The van der Waals surface area contributed by atoms with Gasteiger partial charge in [-0.05, 0) is 46.2 Å². The Hall–Kier alpha value is -7.38. The van der Waals surface area contributed by atoms with Crippen molar-refractivity contribution < 1.29 is 48.9 Å². The van der Waals surface area contributed by atoms with Crippen LogP contribution in [0.5, 0.6) is 0 Å². The number of carbonyl (C=O) groups is 7. The lowest BCUT2D eigenvalue weighted by molar-refractivity contribution is -0.136. The molecule has 0 saturated heterocycles. The van der Waals surface area contributed by atoms with E-state index in [0.717, 1.165) is 13.0 Å². The molecule has 4 heterocycles. The van der Waals surface area contributed by atoms with Crippen LogP contribution in [0.1, 0.15) is 107 Å². The maximum absolute atomic E-state index is 13.9. The van der Waals surface area contributed by atoms with Crippen molar-refractivity contribution in [1.29, 1.82) is 0 Å². The number of H-pyrrole nitrogens is 1. The fraction of sp³-hybridized carbons (Fsp3) is 0.458. The summed E-state index contributed by atoms with van der Waals surface area (Å²) < 4.78 is 0. The van der Waals surface area contributed by atoms with Crippen LogP contribution in [0.2, 0.25) is 0 Å². The fourth-order valence-corrected chi connectivity index (χ4v) is 9.14. The molecule has 0 radical (unpaired) electrons. The number of nitrogens with one attached hydrogen (secondary N) is 8. The summed E-state index contributed by atoms with van der Waals surface area (Å²) in [6.45, 7) is 8.49. The molecule has 0 saturated carbocycles. The van der Waals surface area contributed by atoms with Gasteiger partial charge in [-0.2, -0.15) is 0 Å². The second-order valence-corrected chi connectivity index (χ2v) is 20.0. The van der Waals surface area contributed by atoms with E-state index in [0.29, 0.717) is 22.3 Å². The van der Waals surface area contributed by atoms with Crippen molar-refractivity contribution in [3.63, 3.8) is 0 Å². The third kappa shape index (κ3) is 17.3. The molecule has 27 nitrogen and oxygen atoms in total. The summed E-state index contributed by atoms with van der Waals surface area (Å²) in [7, 11) is 0. The number of amides is 7. The van der Waals surface area contributed by atoms with Gasteiger partial charge in [0.05, 0.1) is 59.5 Å². The fourth-order valence-electron chi connectivity index (χ4n) is 7.52. The van der Waals surface area contributed by atoms with Gasteiger partial charge in [0.15, 0.2) is 0 Å². The molecular formula is C48H67N17O10S2. The van der Waals surface area contributed by atoms with Gasteiger partial charge in [-0.3, -0.25) is 33.6 Å². The molecule has 29 heteroatoms. The van der Waals surface area contributed by atoms with Crippen LogP contribution in [0.3, 0.4) is 0 Å². The first-order valence-electron chi connectivity index (χ1n) is 24.4. The number of nitrogen functional groups attached to an aromatic ring is 1.